The van der Waals surface area contributed by atoms with Crippen LogP contribution in [-0.4, -0.2) is 30.1 Å². The predicted molar refractivity (Wildman–Crippen MR) is 99.8 cm³/mol. The zero-order chi connectivity index (χ0) is 21.2. The second-order valence-electron chi connectivity index (χ2n) is 6.97. The second-order valence-corrected chi connectivity index (χ2v) is 8.68. The first kappa shape index (κ1) is 21.3. The summed E-state index contributed by atoms with van der Waals surface area (Å²) < 4.78 is 66.7. The van der Waals surface area contributed by atoms with Gasteiger partial charge in [-0.25, -0.2) is 13.1 Å². The standard InChI is InChI=1S/C18H21F3N4O3S/c1-25-15(11-16(23-25)18(19,20)21)17(26)22-12-7-9-14(10-8-12)29(27,28)24-13-5-3-2-4-6-13/h7-11,13,24H,2-6H2,1H3,(H,22,26). The lowest BCUT2D eigenvalue weighted by Gasteiger charge is -2.22. The zero-order valence-corrected chi connectivity index (χ0v) is 16.5. The lowest BCUT2D eigenvalue weighted by atomic mass is 9.96. The summed E-state index contributed by atoms with van der Waals surface area (Å²) in [5.41, 5.74) is -1.19. The van der Waals surface area contributed by atoms with Crippen molar-refractivity contribution in [2.75, 3.05) is 5.32 Å². The number of hydrogen-bond donors (Lipinski definition) is 2. The largest absolute Gasteiger partial charge is 0.435 e. The normalized spacial score (nSPS) is 16.0. The molecule has 1 aromatic carbocycles. The quantitative estimate of drug-likeness (QED) is 0.761. The Hall–Kier alpha value is -2.40. The number of sulfonamides is 1. The number of carbonyl (C=O) groups excluding carboxylic acids is 1. The molecule has 1 aliphatic rings. The van der Waals surface area contributed by atoms with Crippen LogP contribution in [0.4, 0.5) is 18.9 Å². The van der Waals surface area contributed by atoms with E-state index in [4.69, 9.17) is 0 Å². The number of nitrogens with one attached hydrogen (secondary N) is 2. The molecule has 3 rings (SSSR count). The van der Waals surface area contributed by atoms with Crippen LogP contribution in [0.3, 0.4) is 0 Å². The second kappa shape index (κ2) is 8.15. The van der Waals surface area contributed by atoms with Crippen LogP contribution in [0.1, 0.15) is 48.3 Å². The molecule has 0 unspecified atom stereocenters. The molecular weight excluding hydrogens is 409 g/mol. The van der Waals surface area contributed by atoms with Crippen molar-refractivity contribution >= 4 is 21.6 Å². The van der Waals surface area contributed by atoms with Crippen LogP contribution in [0, 0.1) is 0 Å². The van der Waals surface area contributed by atoms with Crippen LogP contribution < -0.4 is 10.0 Å². The van der Waals surface area contributed by atoms with Gasteiger partial charge >= 0.3 is 6.18 Å². The molecule has 2 aromatic rings. The zero-order valence-electron chi connectivity index (χ0n) is 15.7. The van der Waals surface area contributed by atoms with E-state index in [-0.39, 0.29) is 22.3 Å². The van der Waals surface area contributed by atoms with Crippen LogP contribution in [-0.2, 0) is 23.2 Å². The predicted octanol–water partition coefficient (Wildman–Crippen LogP) is 3.30. The summed E-state index contributed by atoms with van der Waals surface area (Å²) in [5.74, 6) is -0.786. The number of halogens is 3. The summed E-state index contributed by atoms with van der Waals surface area (Å²) in [7, 11) is -2.45. The van der Waals surface area contributed by atoms with Crippen LogP contribution in [0.2, 0.25) is 0 Å². The Balaban J connectivity index is 1.69. The van der Waals surface area contributed by atoms with Crippen molar-refractivity contribution in [3.05, 3.63) is 41.7 Å². The van der Waals surface area contributed by atoms with Gasteiger partial charge in [0, 0.05) is 24.8 Å². The SMILES string of the molecule is Cn1nc(C(F)(F)F)cc1C(=O)Nc1ccc(S(=O)(=O)NC2CCCCC2)cc1. The van der Waals surface area contributed by atoms with E-state index in [1.54, 1.807) is 0 Å². The van der Waals surface area contributed by atoms with Gasteiger partial charge in [0.25, 0.3) is 5.91 Å². The van der Waals surface area contributed by atoms with Crippen LogP contribution in [0.25, 0.3) is 0 Å². The van der Waals surface area contributed by atoms with Crippen LogP contribution >= 0.6 is 0 Å². The van der Waals surface area contributed by atoms with Gasteiger partial charge < -0.3 is 5.32 Å². The molecule has 11 heteroatoms. The summed E-state index contributed by atoms with van der Waals surface area (Å²) in [5, 5.41) is 5.73. The van der Waals surface area contributed by atoms with Crippen LogP contribution in [0.5, 0.6) is 0 Å². The average molecular weight is 430 g/mol. The number of alkyl halides is 3. The average Bonchev–Trinajstić information content (AvgIpc) is 3.05. The maximum atomic E-state index is 12.7. The molecule has 2 N–H and O–H groups in total. The van der Waals surface area contributed by atoms with Gasteiger partial charge in [0.2, 0.25) is 10.0 Å². The van der Waals surface area contributed by atoms with Crippen LogP contribution in [0.15, 0.2) is 35.2 Å². The van der Waals surface area contributed by atoms with Crippen molar-refractivity contribution in [1.29, 1.82) is 0 Å². The van der Waals surface area contributed by atoms with Gasteiger partial charge in [0.15, 0.2) is 5.69 Å². The summed E-state index contributed by atoms with van der Waals surface area (Å²) in [6.07, 6.45) is 0.0335. The molecule has 0 spiro atoms. The monoisotopic (exact) mass is 430 g/mol. The first-order valence-electron chi connectivity index (χ1n) is 9.11. The summed E-state index contributed by atoms with van der Waals surface area (Å²) in [4.78, 5) is 12.3. The van der Waals surface area contributed by atoms with E-state index in [1.165, 1.54) is 31.3 Å². The number of rotatable bonds is 5. The van der Waals surface area contributed by atoms with E-state index in [0.29, 0.717) is 6.07 Å². The Bertz CT molecular complexity index is 979. The number of aromatic nitrogens is 2. The van der Waals surface area contributed by atoms with Crippen molar-refractivity contribution in [3.8, 4) is 0 Å². The van der Waals surface area contributed by atoms with E-state index >= 15 is 0 Å². The van der Waals surface area contributed by atoms with Crippen molar-refractivity contribution in [2.45, 2.75) is 49.2 Å². The molecule has 1 aliphatic carbocycles. The Morgan fingerprint density at radius 2 is 1.76 bits per heavy atom. The molecule has 1 fully saturated rings. The smallest absolute Gasteiger partial charge is 0.321 e. The van der Waals surface area contributed by atoms with Gasteiger partial charge in [-0.15, -0.1) is 0 Å². The minimum atomic E-state index is -4.66. The van der Waals surface area contributed by atoms with Gasteiger partial charge in [0.05, 0.1) is 4.90 Å². The lowest BCUT2D eigenvalue weighted by molar-refractivity contribution is -0.141. The summed E-state index contributed by atoms with van der Waals surface area (Å²) in [6.45, 7) is 0. The number of carbonyl (C=O) groups is 1. The highest BCUT2D eigenvalue weighted by Gasteiger charge is 2.35. The fraction of sp³-hybridized carbons (Fsp3) is 0.444. The Morgan fingerprint density at radius 3 is 2.31 bits per heavy atom. The van der Waals surface area contributed by atoms with E-state index in [9.17, 15) is 26.4 Å². The Labute approximate surface area is 166 Å². The molecule has 0 radical (unpaired) electrons. The fourth-order valence-corrected chi connectivity index (χ4v) is 4.54. The maximum Gasteiger partial charge on any atom is 0.435 e. The topological polar surface area (TPSA) is 93.1 Å². The first-order valence-corrected chi connectivity index (χ1v) is 10.6. The number of benzene rings is 1. The third-order valence-electron chi connectivity index (χ3n) is 4.75. The van der Waals surface area contributed by atoms with E-state index in [1.807, 2.05) is 0 Å². The van der Waals surface area contributed by atoms with E-state index < -0.39 is 27.8 Å². The number of aryl methyl sites for hydroxylation is 1. The lowest BCUT2D eigenvalue weighted by Crippen LogP contribution is -2.36. The van der Waals surface area contributed by atoms with Crippen molar-refractivity contribution in [1.82, 2.24) is 14.5 Å². The summed E-state index contributed by atoms with van der Waals surface area (Å²) >= 11 is 0. The molecule has 29 heavy (non-hydrogen) atoms. The number of nitrogens with zero attached hydrogens (tertiary/aromatic N) is 2. The molecule has 158 valence electrons. The maximum absolute atomic E-state index is 12.7. The van der Waals surface area contributed by atoms with Crippen molar-refractivity contribution < 1.29 is 26.4 Å². The minimum absolute atomic E-state index is 0.0564. The highest BCUT2D eigenvalue weighted by Crippen LogP contribution is 2.28. The van der Waals surface area contributed by atoms with Crippen molar-refractivity contribution in [2.24, 2.45) is 7.05 Å². The minimum Gasteiger partial charge on any atom is -0.321 e. The van der Waals surface area contributed by atoms with Gasteiger partial charge in [-0.1, -0.05) is 19.3 Å². The van der Waals surface area contributed by atoms with E-state index in [0.717, 1.165) is 36.8 Å². The Morgan fingerprint density at radius 1 is 1.14 bits per heavy atom. The molecule has 0 aliphatic heterocycles. The highest BCUT2D eigenvalue weighted by molar-refractivity contribution is 7.89. The number of amides is 1. The molecule has 0 atom stereocenters. The molecule has 1 amide bonds. The molecule has 7 nitrogen and oxygen atoms in total. The third kappa shape index (κ3) is 5.15. The van der Waals surface area contributed by atoms with Gasteiger partial charge in [-0.2, -0.15) is 18.3 Å². The number of hydrogen-bond acceptors (Lipinski definition) is 4. The molecule has 1 saturated carbocycles. The van der Waals surface area contributed by atoms with E-state index in [2.05, 4.69) is 15.1 Å². The molecule has 1 aromatic heterocycles. The highest BCUT2D eigenvalue weighted by atomic mass is 32.2. The molecule has 1 heterocycles. The molecule has 0 bridgehead atoms. The van der Waals surface area contributed by atoms with Crippen molar-refractivity contribution in [3.63, 3.8) is 0 Å². The first-order chi connectivity index (χ1) is 13.6. The van der Waals surface area contributed by atoms with Gasteiger partial charge in [-0.05, 0) is 37.1 Å². The number of anilines is 1. The van der Waals surface area contributed by atoms with Gasteiger partial charge in [0.1, 0.15) is 5.69 Å². The fourth-order valence-electron chi connectivity index (χ4n) is 3.24. The Kier molecular flexibility index (Phi) is 5.99. The third-order valence-corrected chi connectivity index (χ3v) is 6.29. The van der Waals surface area contributed by atoms with Gasteiger partial charge in [-0.3, -0.25) is 9.48 Å². The summed E-state index contributed by atoms with van der Waals surface area (Å²) in [6, 6.07) is 6.02. The molecule has 0 saturated heterocycles. The molecular formula is C18H21F3N4O3S.